The summed E-state index contributed by atoms with van der Waals surface area (Å²) in [6.07, 6.45) is 0. The maximum atomic E-state index is 9.37. The number of para-hydroxylation sites is 1. The van der Waals surface area contributed by atoms with Crippen LogP contribution in [0.1, 0.15) is 17.0 Å². The highest BCUT2D eigenvalue weighted by molar-refractivity contribution is 9.10. The van der Waals surface area contributed by atoms with Crippen LogP contribution in [0.15, 0.2) is 46.9 Å². The minimum absolute atomic E-state index is 0.0352. The minimum Gasteiger partial charge on any atom is -0.493 e. The molecule has 0 aliphatic carbocycles. The Balaban J connectivity index is 1.72. The summed E-state index contributed by atoms with van der Waals surface area (Å²) in [4.78, 5) is 0. The van der Waals surface area contributed by atoms with Gasteiger partial charge in [0.2, 0.25) is 0 Å². The molecule has 3 rings (SSSR count). The predicted octanol–water partition coefficient (Wildman–Crippen LogP) is 3.50. The van der Waals surface area contributed by atoms with Gasteiger partial charge in [0.15, 0.2) is 0 Å². The molecule has 3 nitrogen and oxygen atoms in total. The molecular formula is C16H15BrO3. The number of fused-ring (bicyclic) bond motifs is 1. The molecule has 0 bridgehead atoms. The smallest absolute Gasteiger partial charge is 0.124 e. The van der Waals surface area contributed by atoms with E-state index in [0.717, 1.165) is 21.5 Å². The third-order valence-corrected chi connectivity index (χ3v) is 3.93. The van der Waals surface area contributed by atoms with Crippen LogP contribution in [0.4, 0.5) is 0 Å². The van der Waals surface area contributed by atoms with Crippen molar-refractivity contribution >= 4 is 15.9 Å². The second-order valence-electron chi connectivity index (χ2n) is 4.77. The molecule has 20 heavy (non-hydrogen) atoms. The molecule has 1 aliphatic heterocycles. The van der Waals surface area contributed by atoms with Crippen LogP contribution in [0.25, 0.3) is 0 Å². The highest BCUT2D eigenvalue weighted by atomic mass is 79.9. The molecule has 104 valence electrons. The molecule has 4 heteroatoms. The molecule has 1 atom stereocenters. The predicted molar refractivity (Wildman–Crippen MR) is 80.2 cm³/mol. The van der Waals surface area contributed by atoms with E-state index in [2.05, 4.69) is 22.0 Å². The van der Waals surface area contributed by atoms with Crippen molar-refractivity contribution in [2.45, 2.75) is 12.5 Å². The van der Waals surface area contributed by atoms with Crippen molar-refractivity contribution in [1.29, 1.82) is 0 Å². The van der Waals surface area contributed by atoms with Gasteiger partial charge in [-0.15, -0.1) is 0 Å². The van der Waals surface area contributed by atoms with E-state index in [4.69, 9.17) is 9.47 Å². The van der Waals surface area contributed by atoms with Gasteiger partial charge in [0.05, 0.1) is 25.7 Å². The summed E-state index contributed by atoms with van der Waals surface area (Å²) < 4.78 is 12.4. The topological polar surface area (TPSA) is 38.7 Å². The van der Waals surface area contributed by atoms with Crippen molar-refractivity contribution in [1.82, 2.24) is 0 Å². The summed E-state index contributed by atoms with van der Waals surface area (Å²) in [5.41, 5.74) is 1.97. The van der Waals surface area contributed by atoms with Crippen LogP contribution >= 0.6 is 15.9 Å². The van der Waals surface area contributed by atoms with Gasteiger partial charge in [0.25, 0.3) is 0 Å². The van der Waals surface area contributed by atoms with Crippen LogP contribution in [0.3, 0.4) is 0 Å². The van der Waals surface area contributed by atoms with E-state index >= 15 is 0 Å². The summed E-state index contributed by atoms with van der Waals surface area (Å²) in [7, 11) is 0. The molecule has 1 unspecified atom stereocenters. The normalized spacial score (nSPS) is 16.6. The van der Waals surface area contributed by atoms with Crippen LogP contribution in [-0.4, -0.2) is 18.3 Å². The first-order valence-corrected chi connectivity index (χ1v) is 7.31. The summed E-state index contributed by atoms with van der Waals surface area (Å²) in [5, 5.41) is 9.37. The Morgan fingerprint density at radius 1 is 1.25 bits per heavy atom. The van der Waals surface area contributed by atoms with Crippen LogP contribution in [0.2, 0.25) is 0 Å². The van der Waals surface area contributed by atoms with E-state index in [-0.39, 0.29) is 12.5 Å². The Morgan fingerprint density at radius 2 is 2.10 bits per heavy atom. The van der Waals surface area contributed by atoms with E-state index in [0.29, 0.717) is 13.2 Å². The maximum absolute atomic E-state index is 9.37. The van der Waals surface area contributed by atoms with Gasteiger partial charge < -0.3 is 14.6 Å². The molecule has 0 aromatic heterocycles. The molecule has 0 saturated carbocycles. The highest BCUT2D eigenvalue weighted by Crippen LogP contribution is 2.34. The molecule has 0 spiro atoms. The Hall–Kier alpha value is -1.52. The number of hydrogen-bond acceptors (Lipinski definition) is 3. The SMILES string of the molecule is OCc1cc(Br)ccc1OCC1COc2ccccc21. The van der Waals surface area contributed by atoms with Crippen LogP contribution < -0.4 is 9.47 Å². The number of rotatable bonds is 4. The number of hydrogen-bond donors (Lipinski definition) is 1. The Bertz CT molecular complexity index is 612. The second-order valence-corrected chi connectivity index (χ2v) is 5.68. The summed E-state index contributed by atoms with van der Waals surface area (Å²) in [5.74, 6) is 1.90. The fraction of sp³-hybridized carbons (Fsp3) is 0.250. The summed E-state index contributed by atoms with van der Waals surface area (Å²) >= 11 is 3.39. The van der Waals surface area contributed by atoms with Crippen LogP contribution in [0.5, 0.6) is 11.5 Å². The van der Waals surface area contributed by atoms with Crippen LogP contribution in [0, 0.1) is 0 Å². The van der Waals surface area contributed by atoms with E-state index in [1.165, 1.54) is 5.56 Å². The van der Waals surface area contributed by atoms with Crippen molar-refractivity contribution in [3.63, 3.8) is 0 Å². The van der Waals surface area contributed by atoms with Crippen molar-refractivity contribution < 1.29 is 14.6 Å². The average molecular weight is 335 g/mol. The lowest BCUT2D eigenvalue weighted by molar-refractivity contribution is 0.235. The van der Waals surface area contributed by atoms with E-state index in [9.17, 15) is 5.11 Å². The van der Waals surface area contributed by atoms with Gasteiger partial charge >= 0.3 is 0 Å². The highest BCUT2D eigenvalue weighted by Gasteiger charge is 2.24. The first-order chi connectivity index (χ1) is 9.78. The molecule has 0 saturated heterocycles. The number of benzene rings is 2. The van der Waals surface area contributed by atoms with E-state index in [1.807, 2.05) is 36.4 Å². The quantitative estimate of drug-likeness (QED) is 0.930. The van der Waals surface area contributed by atoms with Gasteiger partial charge in [0.1, 0.15) is 11.5 Å². The molecule has 0 amide bonds. The first-order valence-electron chi connectivity index (χ1n) is 6.51. The second kappa shape index (κ2) is 5.85. The number of aliphatic hydroxyl groups is 1. The Labute approximate surface area is 126 Å². The molecule has 0 radical (unpaired) electrons. The molecular weight excluding hydrogens is 320 g/mol. The third-order valence-electron chi connectivity index (χ3n) is 3.43. The molecule has 1 N–H and O–H groups in total. The molecule has 0 fully saturated rings. The minimum atomic E-state index is -0.0352. The molecule has 1 aliphatic rings. The fourth-order valence-corrected chi connectivity index (χ4v) is 2.78. The average Bonchev–Trinajstić information content (AvgIpc) is 2.89. The molecule has 2 aromatic carbocycles. The Morgan fingerprint density at radius 3 is 2.95 bits per heavy atom. The zero-order valence-corrected chi connectivity index (χ0v) is 12.5. The standard InChI is InChI=1S/C16H15BrO3/c17-13-5-6-15(11(7-13)8-18)19-9-12-10-20-16-4-2-1-3-14(12)16/h1-7,12,18H,8-10H2. The third kappa shape index (κ3) is 2.67. The van der Waals surface area contributed by atoms with Gasteiger partial charge in [-0.25, -0.2) is 0 Å². The van der Waals surface area contributed by atoms with Gasteiger partial charge in [-0.2, -0.15) is 0 Å². The van der Waals surface area contributed by atoms with Gasteiger partial charge in [-0.3, -0.25) is 0 Å². The van der Waals surface area contributed by atoms with E-state index in [1.54, 1.807) is 0 Å². The lowest BCUT2D eigenvalue weighted by atomic mass is 10.0. The van der Waals surface area contributed by atoms with Crippen molar-refractivity contribution in [2.24, 2.45) is 0 Å². The fourth-order valence-electron chi connectivity index (χ4n) is 2.37. The molecule has 1 heterocycles. The van der Waals surface area contributed by atoms with Crippen LogP contribution in [-0.2, 0) is 6.61 Å². The zero-order valence-electron chi connectivity index (χ0n) is 10.9. The van der Waals surface area contributed by atoms with E-state index < -0.39 is 0 Å². The lowest BCUT2D eigenvalue weighted by Crippen LogP contribution is -2.12. The monoisotopic (exact) mass is 334 g/mol. The number of aliphatic hydroxyl groups excluding tert-OH is 1. The first kappa shape index (κ1) is 13.5. The maximum Gasteiger partial charge on any atom is 0.124 e. The number of halogens is 1. The zero-order chi connectivity index (χ0) is 13.9. The largest absolute Gasteiger partial charge is 0.493 e. The van der Waals surface area contributed by atoms with Gasteiger partial charge in [-0.1, -0.05) is 34.1 Å². The van der Waals surface area contributed by atoms with Crippen molar-refractivity contribution in [3.05, 3.63) is 58.1 Å². The summed E-state index contributed by atoms with van der Waals surface area (Å²) in [6.45, 7) is 1.16. The Kier molecular flexibility index (Phi) is 3.94. The van der Waals surface area contributed by atoms with Gasteiger partial charge in [0, 0.05) is 15.6 Å². The van der Waals surface area contributed by atoms with Gasteiger partial charge in [-0.05, 0) is 24.3 Å². The molecule has 2 aromatic rings. The summed E-state index contributed by atoms with van der Waals surface area (Å²) in [6, 6.07) is 13.7. The lowest BCUT2D eigenvalue weighted by Gasteiger charge is -2.14. The number of ether oxygens (including phenoxy) is 2. The van der Waals surface area contributed by atoms with Crippen molar-refractivity contribution in [3.8, 4) is 11.5 Å². The van der Waals surface area contributed by atoms with Crippen molar-refractivity contribution in [2.75, 3.05) is 13.2 Å².